The minimum absolute atomic E-state index is 0.145. The van der Waals surface area contributed by atoms with E-state index in [2.05, 4.69) is 0 Å². The van der Waals surface area contributed by atoms with Crippen LogP contribution in [-0.4, -0.2) is 35.0 Å². The maximum absolute atomic E-state index is 12.1. The van der Waals surface area contributed by atoms with Crippen molar-refractivity contribution < 1.29 is 14.7 Å². The van der Waals surface area contributed by atoms with Crippen LogP contribution in [0.5, 0.6) is 0 Å². The van der Waals surface area contributed by atoms with Gasteiger partial charge in [-0.25, -0.2) is 0 Å². The Balaban J connectivity index is 2.16. The molecular weight excluding hydrogens is 262 g/mol. The number of amides is 1. The van der Waals surface area contributed by atoms with Crippen LogP contribution in [-0.2, 0) is 16.0 Å². The van der Waals surface area contributed by atoms with Gasteiger partial charge < -0.3 is 10.0 Å². The lowest BCUT2D eigenvalue weighted by atomic mass is 10.1. The van der Waals surface area contributed by atoms with Crippen molar-refractivity contribution in [3.05, 3.63) is 35.2 Å². The van der Waals surface area contributed by atoms with E-state index < -0.39 is 5.97 Å². The Labute approximate surface area is 115 Å². The molecule has 0 aliphatic heterocycles. The molecular formula is C14H15NO3S. The van der Waals surface area contributed by atoms with Gasteiger partial charge in [-0.2, -0.15) is 0 Å². The fourth-order valence-corrected chi connectivity index (χ4v) is 2.95. The lowest BCUT2D eigenvalue weighted by molar-refractivity contribution is -0.144. The minimum Gasteiger partial charge on any atom is -0.480 e. The highest BCUT2D eigenvalue weighted by molar-refractivity contribution is 7.17. The highest BCUT2D eigenvalue weighted by Gasteiger charge is 2.16. The SMILES string of the molecule is CCN(CC(=O)O)C(=O)Cc1csc2ccccc12. The van der Waals surface area contributed by atoms with Gasteiger partial charge in [-0.1, -0.05) is 18.2 Å². The fourth-order valence-electron chi connectivity index (χ4n) is 1.98. The molecule has 0 saturated carbocycles. The van der Waals surface area contributed by atoms with E-state index >= 15 is 0 Å². The summed E-state index contributed by atoms with van der Waals surface area (Å²) in [5.74, 6) is -1.13. The first-order valence-corrected chi connectivity index (χ1v) is 6.94. The number of likely N-dealkylation sites (N-methyl/N-ethyl adjacent to an activating group) is 1. The lowest BCUT2D eigenvalue weighted by Gasteiger charge is -2.18. The molecule has 2 rings (SSSR count). The number of nitrogens with zero attached hydrogens (tertiary/aromatic N) is 1. The Bertz CT molecular complexity index is 606. The van der Waals surface area contributed by atoms with Crippen LogP contribution in [0, 0.1) is 0 Å². The molecule has 2 aromatic rings. The molecule has 100 valence electrons. The monoisotopic (exact) mass is 277 g/mol. The second-order valence-electron chi connectivity index (χ2n) is 4.24. The second kappa shape index (κ2) is 5.84. The van der Waals surface area contributed by atoms with Gasteiger partial charge in [-0.3, -0.25) is 9.59 Å². The molecule has 0 unspecified atom stereocenters. The minimum atomic E-state index is -0.981. The number of carbonyl (C=O) groups is 2. The van der Waals surface area contributed by atoms with Gasteiger partial charge in [0.15, 0.2) is 0 Å². The zero-order valence-corrected chi connectivity index (χ0v) is 11.4. The predicted octanol–water partition coefficient (Wildman–Crippen LogP) is 2.38. The van der Waals surface area contributed by atoms with Gasteiger partial charge in [-0.15, -0.1) is 11.3 Å². The maximum atomic E-state index is 12.1. The zero-order valence-electron chi connectivity index (χ0n) is 10.6. The van der Waals surface area contributed by atoms with Crippen LogP contribution in [0.1, 0.15) is 12.5 Å². The largest absolute Gasteiger partial charge is 0.480 e. The maximum Gasteiger partial charge on any atom is 0.323 e. The molecule has 0 atom stereocenters. The van der Waals surface area contributed by atoms with Crippen LogP contribution >= 0.6 is 11.3 Å². The van der Waals surface area contributed by atoms with Gasteiger partial charge in [0, 0.05) is 11.2 Å². The number of rotatable bonds is 5. The van der Waals surface area contributed by atoms with Crippen molar-refractivity contribution in [1.82, 2.24) is 4.90 Å². The van der Waals surface area contributed by atoms with Crippen molar-refractivity contribution in [2.75, 3.05) is 13.1 Å². The number of benzene rings is 1. The molecule has 0 aliphatic rings. The predicted molar refractivity (Wildman–Crippen MR) is 75.4 cm³/mol. The second-order valence-corrected chi connectivity index (χ2v) is 5.15. The van der Waals surface area contributed by atoms with Gasteiger partial charge in [0.25, 0.3) is 0 Å². The van der Waals surface area contributed by atoms with Gasteiger partial charge in [0.2, 0.25) is 5.91 Å². The first kappa shape index (κ1) is 13.5. The first-order valence-electron chi connectivity index (χ1n) is 6.06. The van der Waals surface area contributed by atoms with Crippen molar-refractivity contribution in [2.24, 2.45) is 0 Å². The average Bonchev–Trinajstić information content (AvgIpc) is 2.79. The molecule has 0 radical (unpaired) electrons. The van der Waals surface area contributed by atoms with Crippen molar-refractivity contribution in [1.29, 1.82) is 0 Å². The molecule has 1 heterocycles. The standard InChI is InChI=1S/C14H15NO3S/c1-2-15(8-14(17)18)13(16)7-10-9-19-12-6-4-3-5-11(10)12/h3-6,9H,2,7-8H2,1H3,(H,17,18). The van der Waals surface area contributed by atoms with Crippen molar-refractivity contribution in [2.45, 2.75) is 13.3 Å². The number of hydrogen-bond acceptors (Lipinski definition) is 3. The van der Waals surface area contributed by atoms with Crippen LogP contribution in [0.3, 0.4) is 0 Å². The number of thiophene rings is 1. The number of fused-ring (bicyclic) bond motifs is 1. The summed E-state index contributed by atoms with van der Waals surface area (Å²) in [6.07, 6.45) is 0.255. The van der Waals surface area contributed by atoms with E-state index in [1.165, 1.54) is 4.90 Å². The molecule has 1 aromatic carbocycles. The molecule has 1 aromatic heterocycles. The third-order valence-electron chi connectivity index (χ3n) is 2.96. The number of carbonyl (C=O) groups excluding carboxylic acids is 1. The average molecular weight is 277 g/mol. The Morgan fingerprint density at radius 3 is 2.74 bits per heavy atom. The van der Waals surface area contributed by atoms with E-state index in [0.29, 0.717) is 6.54 Å². The summed E-state index contributed by atoms with van der Waals surface area (Å²) in [7, 11) is 0. The molecule has 0 spiro atoms. The highest BCUT2D eigenvalue weighted by Crippen LogP contribution is 2.26. The summed E-state index contributed by atoms with van der Waals surface area (Å²) in [5.41, 5.74) is 0.967. The summed E-state index contributed by atoms with van der Waals surface area (Å²) >= 11 is 1.60. The lowest BCUT2D eigenvalue weighted by Crippen LogP contribution is -2.36. The Morgan fingerprint density at radius 1 is 1.32 bits per heavy atom. The van der Waals surface area contributed by atoms with Crippen LogP contribution in [0.2, 0.25) is 0 Å². The normalized spacial score (nSPS) is 10.6. The summed E-state index contributed by atoms with van der Waals surface area (Å²) < 4.78 is 1.14. The molecule has 5 heteroatoms. The molecule has 0 bridgehead atoms. The summed E-state index contributed by atoms with van der Waals surface area (Å²) in [6.45, 7) is 1.96. The van der Waals surface area contributed by atoms with Gasteiger partial charge in [-0.05, 0) is 29.3 Å². The summed E-state index contributed by atoms with van der Waals surface area (Å²) in [6, 6.07) is 7.91. The molecule has 1 N–H and O–H groups in total. The van der Waals surface area contributed by atoms with Gasteiger partial charge >= 0.3 is 5.97 Å². The molecule has 19 heavy (non-hydrogen) atoms. The van der Waals surface area contributed by atoms with Crippen LogP contribution < -0.4 is 0 Å². The molecule has 1 amide bonds. The Morgan fingerprint density at radius 2 is 2.05 bits per heavy atom. The fraction of sp³-hybridized carbons (Fsp3) is 0.286. The van der Waals surface area contributed by atoms with E-state index in [4.69, 9.17) is 5.11 Å². The number of hydrogen-bond donors (Lipinski definition) is 1. The van der Waals surface area contributed by atoms with Gasteiger partial charge in [0.1, 0.15) is 6.54 Å². The molecule has 4 nitrogen and oxygen atoms in total. The van der Waals surface area contributed by atoms with E-state index in [1.807, 2.05) is 29.6 Å². The van der Waals surface area contributed by atoms with E-state index in [0.717, 1.165) is 15.6 Å². The first-order chi connectivity index (χ1) is 9.11. The smallest absolute Gasteiger partial charge is 0.323 e. The zero-order chi connectivity index (χ0) is 13.8. The van der Waals surface area contributed by atoms with Crippen LogP contribution in [0.25, 0.3) is 10.1 Å². The van der Waals surface area contributed by atoms with E-state index in [1.54, 1.807) is 18.3 Å². The van der Waals surface area contributed by atoms with Crippen LogP contribution in [0.4, 0.5) is 0 Å². The van der Waals surface area contributed by atoms with E-state index in [9.17, 15) is 9.59 Å². The molecule has 0 saturated heterocycles. The Hall–Kier alpha value is -1.88. The number of carboxylic acids is 1. The number of carboxylic acid groups (broad SMARTS) is 1. The topological polar surface area (TPSA) is 57.6 Å². The van der Waals surface area contributed by atoms with Crippen LogP contribution in [0.15, 0.2) is 29.6 Å². The molecule has 0 fully saturated rings. The van der Waals surface area contributed by atoms with Crippen molar-refractivity contribution >= 4 is 33.3 Å². The summed E-state index contributed by atoms with van der Waals surface area (Å²) in [5, 5.41) is 11.8. The van der Waals surface area contributed by atoms with E-state index in [-0.39, 0.29) is 18.9 Å². The van der Waals surface area contributed by atoms with Crippen molar-refractivity contribution in [3.8, 4) is 0 Å². The summed E-state index contributed by atoms with van der Waals surface area (Å²) in [4.78, 5) is 24.1. The molecule has 0 aliphatic carbocycles. The quantitative estimate of drug-likeness (QED) is 0.913. The Kier molecular flexibility index (Phi) is 4.16. The third-order valence-corrected chi connectivity index (χ3v) is 3.98. The van der Waals surface area contributed by atoms with Crippen molar-refractivity contribution in [3.63, 3.8) is 0 Å². The number of aliphatic carboxylic acids is 1. The van der Waals surface area contributed by atoms with Gasteiger partial charge in [0.05, 0.1) is 6.42 Å². The highest BCUT2D eigenvalue weighted by atomic mass is 32.1. The third kappa shape index (κ3) is 3.12.